The lowest BCUT2D eigenvalue weighted by atomic mass is 9.68. The monoisotopic (exact) mass is 302 g/mol. The predicted octanol–water partition coefficient (Wildman–Crippen LogP) is 1.99. The lowest BCUT2D eigenvalue weighted by Crippen LogP contribution is -2.48. The van der Waals surface area contributed by atoms with Crippen molar-refractivity contribution >= 4 is 0 Å². The second-order valence-corrected chi connectivity index (χ2v) is 7.48. The zero-order valence-corrected chi connectivity index (χ0v) is 13.5. The van der Waals surface area contributed by atoms with Crippen molar-refractivity contribution in [2.75, 3.05) is 27.7 Å². The second kappa shape index (κ2) is 4.49. The standard InChI is InChI=1S/C18H24NO3/c1-19(2)10-9-18-8-4-5-13(20)17(18)22-16-14(21-3)7-6-12(11-19)15(16)18/h4,6-8,13,17,20H,5,9-11H2,1-3H3/q+1. The summed E-state index contributed by atoms with van der Waals surface area (Å²) >= 11 is 0. The SMILES string of the molecule is COc1ccc2c3c1OC1C(O)CC=CC31CC[N+](C)(C)C2. The number of benzene rings is 1. The molecule has 118 valence electrons. The zero-order valence-electron chi connectivity index (χ0n) is 13.5. The Morgan fingerprint density at radius 3 is 2.95 bits per heavy atom. The van der Waals surface area contributed by atoms with E-state index < -0.39 is 6.10 Å². The molecule has 1 spiro atoms. The van der Waals surface area contributed by atoms with Crippen molar-refractivity contribution in [3.63, 3.8) is 0 Å². The van der Waals surface area contributed by atoms with Crippen LogP contribution in [0.4, 0.5) is 0 Å². The molecule has 0 saturated heterocycles. The summed E-state index contributed by atoms with van der Waals surface area (Å²) < 4.78 is 12.7. The maximum absolute atomic E-state index is 10.5. The molecule has 0 bridgehead atoms. The fourth-order valence-corrected chi connectivity index (χ4v) is 4.42. The smallest absolute Gasteiger partial charge is 0.166 e. The Morgan fingerprint density at radius 2 is 2.18 bits per heavy atom. The zero-order chi connectivity index (χ0) is 15.5. The number of quaternary nitrogens is 1. The maximum Gasteiger partial charge on any atom is 0.166 e. The van der Waals surface area contributed by atoms with Crippen LogP contribution in [-0.2, 0) is 12.0 Å². The third kappa shape index (κ3) is 1.77. The molecule has 2 heterocycles. The molecule has 1 aromatic carbocycles. The van der Waals surface area contributed by atoms with Crippen LogP contribution in [0.25, 0.3) is 0 Å². The van der Waals surface area contributed by atoms with Crippen LogP contribution in [0, 0.1) is 0 Å². The predicted molar refractivity (Wildman–Crippen MR) is 84.1 cm³/mol. The third-order valence-corrected chi connectivity index (χ3v) is 5.52. The van der Waals surface area contributed by atoms with Crippen molar-refractivity contribution in [1.29, 1.82) is 0 Å². The Balaban J connectivity index is 1.98. The highest BCUT2D eigenvalue weighted by Crippen LogP contribution is 2.56. The molecule has 4 rings (SSSR count). The fourth-order valence-electron chi connectivity index (χ4n) is 4.42. The summed E-state index contributed by atoms with van der Waals surface area (Å²) in [6, 6.07) is 4.17. The Bertz CT molecular complexity index is 652. The summed E-state index contributed by atoms with van der Waals surface area (Å²) in [4.78, 5) is 0. The maximum atomic E-state index is 10.5. The first-order valence-corrected chi connectivity index (χ1v) is 8.02. The summed E-state index contributed by atoms with van der Waals surface area (Å²) in [5, 5.41) is 10.5. The van der Waals surface area contributed by atoms with Gasteiger partial charge in [-0.1, -0.05) is 12.2 Å². The largest absolute Gasteiger partial charge is 0.493 e. The quantitative estimate of drug-likeness (QED) is 0.637. The van der Waals surface area contributed by atoms with Gasteiger partial charge in [-0.3, -0.25) is 0 Å². The van der Waals surface area contributed by atoms with Gasteiger partial charge in [0.15, 0.2) is 11.5 Å². The molecular weight excluding hydrogens is 278 g/mol. The van der Waals surface area contributed by atoms with Gasteiger partial charge in [-0.2, -0.15) is 0 Å². The minimum Gasteiger partial charge on any atom is -0.493 e. The van der Waals surface area contributed by atoms with Gasteiger partial charge in [0.05, 0.1) is 39.3 Å². The first kappa shape index (κ1) is 14.1. The van der Waals surface area contributed by atoms with Crippen LogP contribution in [-0.4, -0.2) is 49.5 Å². The van der Waals surface area contributed by atoms with Crippen molar-refractivity contribution in [2.45, 2.75) is 37.0 Å². The lowest BCUT2D eigenvalue weighted by Gasteiger charge is -2.37. The lowest BCUT2D eigenvalue weighted by molar-refractivity contribution is -0.903. The summed E-state index contributed by atoms with van der Waals surface area (Å²) in [7, 11) is 6.22. The van der Waals surface area contributed by atoms with Crippen molar-refractivity contribution in [3.05, 3.63) is 35.4 Å². The van der Waals surface area contributed by atoms with Crippen molar-refractivity contribution in [3.8, 4) is 11.5 Å². The highest BCUT2D eigenvalue weighted by molar-refractivity contribution is 5.60. The highest BCUT2D eigenvalue weighted by Gasteiger charge is 2.56. The van der Waals surface area contributed by atoms with Gasteiger partial charge in [-0.05, 0) is 18.6 Å². The van der Waals surface area contributed by atoms with Gasteiger partial charge < -0.3 is 19.1 Å². The number of methoxy groups -OCH3 is 1. The summed E-state index contributed by atoms with van der Waals surface area (Å²) in [6.07, 6.45) is 5.41. The van der Waals surface area contributed by atoms with E-state index in [2.05, 4.69) is 32.3 Å². The normalized spacial score (nSPS) is 34.4. The van der Waals surface area contributed by atoms with E-state index in [1.807, 2.05) is 6.07 Å². The molecule has 0 saturated carbocycles. The van der Waals surface area contributed by atoms with E-state index in [1.165, 1.54) is 11.1 Å². The molecule has 3 aliphatic rings. The molecule has 0 aromatic heterocycles. The first-order valence-electron chi connectivity index (χ1n) is 8.02. The van der Waals surface area contributed by atoms with E-state index in [4.69, 9.17) is 9.47 Å². The highest BCUT2D eigenvalue weighted by atomic mass is 16.5. The Morgan fingerprint density at radius 1 is 1.36 bits per heavy atom. The van der Waals surface area contributed by atoms with Crippen LogP contribution in [0.1, 0.15) is 24.0 Å². The number of ether oxygens (including phenoxy) is 2. The molecule has 4 nitrogen and oxygen atoms in total. The Labute approximate surface area is 131 Å². The molecule has 0 amide bonds. The van der Waals surface area contributed by atoms with E-state index >= 15 is 0 Å². The first-order chi connectivity index (χ1) is 10.5. The molecule has 1 aliphatic carbocycles. The minimum atomic E-state index is -0.455. The molecule has 4 heteroatoms. The van der Waals surface area contributed by atoms with E-state index in [0.29, 0.717) is 6.42 Å². The van der Waals surface area contributed by atoms with Crippen molar-refractivity contribution < 1.29 is 19.1 Å². The molecular formula is C18H24NO3+. The molecule has 1 N–H and O–H groups in total. The van der Waals surface area contributed by atoms with Gasteiger partial charge in [0.1, 0.15) is 12.6 Å². The van der Waals surface area contributed by atoms with E-state index in [-0.39, 0.29) is 11.5 Å². The van der Waals surface area contributed by atoms with Gasteiger partial charge in [0.25, 0.3) is 0 Å². The molecule has 0 radical (unpaired) electrons. The van der Waals surface area contributed by atoms with Crippen LogP contribution in [0.3, 0.4) is 0 Å². The topological polar surface area (TPSA) is 38.7 Å². The van der Waals surface area contributed by atoms with Crippen LogP contribution < -0.4 is 9.47 Å². The Hall–Kier alpha value is -1.52. The number of nitrogens with zero attached hydrogens (tertiary/aromatic N) is 1. The summed E-state index contributed by atoms with van der Waals surface area (Å²) in [5.41, 5.74) is 2.36. The number of aliphatic hydroxyl groups is 1. The number of hydrogen-bond donors (Lipinski definition) is 1. The van der Waals surface area contributed by atoms with Crippen LogP contribution in [0.5, 0.6) is 11.5 Å². The molecule has 3 atom stereocenters. The van der Waals surface area contributed by atoms with Crippen molar-refractivity contribution in [2.24, 2.45) is 0 Å². The van der Waals surface area contributed by atoms with Gasteiger partial charge in [-0.25, -0.2) is 0 Å². The third-order valence-electron chi connectivity index (χ3n) is 5.52. The number of hydrogen-bond acceptors (Lipinski definition) is 3. The molecule has 3 unspecified atom stereocenters. The van der Waals surface area contributed by atoms with Gasteiger partial charge >= 0.3 is 0 Å². The summed E-state index contributed by atoms with van der Waals surface area (Å²) in [5.74, 6) is 1.62. The van der Waals surface area contributed by atoms with Crippen LogP contribution >= 0.6 is 0 Å². The van der Waals surface area contributed by atoms with Crippen LogP contribution in [0.15, 0.2) is 24.3 Å². The molecule has 0 fully saturated rings. The van der Waals surface area contributed by atoms with Gasteiger partial charge in [0.2, 0.25) is 0 Å². The number of rotatable bonds is 1. The van der Waals surface area contributed by atoms with Crippen molar-refractivity contribution in [1.82, 2.24) is 0 Å². The second-order valence-electron chi connectivity index (χ2n) is 7.48. The molecule has 22 heavy (non-hydrogen) atoms. The molecule has 2 aliphatic heterocycles. The Kier molecular flexibility index (Phi) is 2.88. The summed E-state index contributed by atoms with van der Waals surface area (Å²) in [6.45, 7) is 2.04. The molecule has 1 aromatic rings. The average Bonchev–Trinajstić information content (AvgIpc) is 2.78. The minimum absolute atomic E-state index is 0.194. The van der Waals surface area contributed by atoms with Crippen LogP contribution in [0.2, 0.25) is 0 Å². The average molecular weight is 302 g/mol. The van der Waals surface area contributed by atoms with E-state index in [1.54, 1.807) is 7.11 Å². The number of aliphatic hydroxyl groups excluding tert-OH is 1. The van der Waals surface area contributed by atoms with E-state index in [9.17, 15) is 5.11 Å². The van der Waals surface area contributed by atoms with Gasteiger partial charge in [0, 0.05) is 17.5 Å². The fraction of sp³-hybridized carbons (Fsp3) is 0.556. The van der Waals surface area contributed by atoms with E-state index in [0.717, 1.165) is 35.5 Å². The van der Waals surface area contributed by atoms with Gasteiger partial charge in [-0.15, -0.1) is 0 Å².